The number of halogens is 1. The number of aromatic nitrogens is 1. The van der Waals surface area contributed by atoms with Crippen LogP contribution in [0.3, 0.4) is 0 Å². The molecule has 3 heterocycles. The smallest absolute Gasteiger partial charge is 0.311 e. The molecule has 1 aromatic heterocycles. The molecule has 7 heteroatoms. The monoisotopic (exact) mass is 362 g/mol. The maximum Gasteiger partial charge on any atom is 0.311 e. The van der Waals surface area contributed by atoms with Gasteiger partial charge in [-0.1, -0.05) is 0 Å². The van der Waals surface area contributed by atoms with E-state index < -0.39 is 11.4 Å². The van der Waals surface area contributed by atoms with E-state index in [0.29, 0.717) is 32.7 Å². The minimum atomic E-state index is -0.713. The number of ether oxygens (including phenoxy) is 1. The van der Waals surface area contributed by atoms with Crippen molar-refractivity contribution in [2.45, 2.75) is 13.0 Å². The van der Waals surface area contributed by atoms with Crippen LogP contribution < -0.4 is 0 Å². The number of thiazole rings is 1. The highest BCUT2D eigenvalue weighted by atomic mass is 32.1. The van der Waals surface area contributed by atoms with Crippen LogP contribution in [0.2, 0.25) is 0 Å². The molecule has 0 spiro atoms. The highest BCUT2D eigenvalue weighted by Crippen LogP contribution is 2.43. The van der Waals surface area contributed by atoms with Gasteiger partial charge in [0.15, 0.2) is 0 Å². The van der Waals surface area contributed by atoms with Crippen molar-refractivity contribution in [2.75, 3.05) is 26.3 Å². The minimum absolute atomic E-state index is 0.0373. The van der Waals surface area contributed by atoms with Crippen molar-refractivity contribution in [1.29, 1.82) is 0 Å². The summed E-state index contributed by atoms with van der Waals surface area (Å²) in [7, 11) is 0. The summed E-state index contributed by atoms with van der Waals surface area (Å²) in [4.78, 5) is 18.6. The molecule has 2 aliphatic heterocycles. The van der Waals surface area contributed by atoms with E-state index in [-0.39, 0.29) is 11.7 Å². The lowest BCUT2D eigenvalue weighted by Crippen LogP contribution is -2.44. The number of carboxylic acid groups (broad SMARTS) is 1. The van der Waals surface area contributed by atoms with Crippen LogP contribution in [0.25, 0.3) is 11.3 Å². The van der Waals surface area contributed by atoms with Crippen LogP contribution >= 0.6 is 11.3 Å². The first kappa shape index (κ1) is 16.6. The normalized spacial score (nSPS) is 26.5. The van der Waals surface area contributed by atoms with E-state index >= 15 is 0 Å². The number of hydrogen-bond donors (Lipinski definition) is 1. The molecule has 0 amide bonds. The summed E-state index contributed by atoms with van der Waals surface area (Å²) in [6, 6.07) is 6.29. The van der Waals surface area contributed by atoms with E-state index in [1.165, 1.54) is 12.1 Å². The average molecular weight is 362 g/mol. The second-order valence-electron chi connectivity index (χ2n) is 6.79. The zero-order valence-electron chi connectivity index (χ0n) is 13.7. The van der Waals surface area contributed by atoms with E-state index in [4.69, 9.17) is 4.74 Å². The van der Waals surface area contributed by atoms with E-state index in [1.807, 2.05) is 5.38 Å². The lowest BCUT2D eigenvalue weighted by molar-refractivity contribution is -0.157. The van der Waals surface area contributed by atoms with Crippen molar-refractivity contribution in [3.05, 3.63) is 40.5 Å². The summed E-state index contributed by atoms with van der Waals surface area (Å²) in [6.45, 7) is 2.93. The zero-order chi connectivity index (χ0) is 17.4. The zero-order valence-corrected chi connectivity index (χ0v) is 14.5. The number of nitrogens with zero attached hydrogens (tertiary/aromatic N) is 2. The highest BCUT2D eigenvalue weighted by Gasteiger charge is 2.53. The van der Waals surface area contributed by atoms with Gasteiger partial charge in [-0.15, -0.1) is 11.3 Å². The molecule has 4 rings (SSSR count). The fourth-order valence-electron chi connectivity index (χ4n) is 3.85. The van der Waals surface area contributed by atoms with E-state index in [2.05, 4.69) is 9.88 Å². The van der Waals surface area contributed by atoms with Crippen LogP contribution in [-0.2, 0) is 16.1 Å². The van der Waals surface area contributed by atoms with E-state index in [0.717, 1.165) is 22.8 Å². The number of rotatable bonds is 4. The fraction of sp³-hybridized carbons (Fsp3) is 0.444. The van der Waals surface area contributed by atoms with E-state index in [1.54, 1.807) is 23.5 Å². The van der Waals surface area contributed by atoms with Gasteiger partial charge in [-0.3, -0.25) is 9.69 Å². The maximum atomic E-state index is 13.0. The van der Waals surface area contributed by atoms with Crippen LogP contribution in [-0.4, -0.2) is 47.3 Å². The topological polar surface area (TPSA) is 62.7 Å². The molecule has 1 aromatic carbocycles. The van der Waals surface area contributed by atoms with Crippen molar-refractivity contribution in [1.82, 2.24) is 9.88 Å². The fourth-order valence-corrected chi connectivity index (χ4v) is 4.70. The molecule has 2 aliphatic rings. The first-order valence-electron chi connectivity index (χ1n) is 8.31. The molecule has 0 bridgehead atoms. The molecule has 132 valence electrons. The molecule has 1 N–H and O–H groups in total. The summed E-state index contributed by atoms with van der Waals surface area (Å²) in [6.07, 6.45) is 0.572. The van der Waals surface area contributed by atoms with Gasteiger partial charge in [-0.05, 0) is 30.7 Å². The van der Waals surface area contributed by atoms with Gasteiger partial charge in [-0.25, -0.2) is 9.37 Å². The summed E-state index contributed by atoms with van der Waals surface area (Å²) < 4.78 is 18.5. The molecule has 0 saturated carbocycles. The Bertz CT molecular complexity index is 779. The van der Waals surface area contributed by atoms with Crippen LogP contribution in [0, 0.1) is 17.2 Å². The molecule has 2 saturated heterocycles. The van der Waals surface area contributed by atoms with E-state index in [9.17, 15) is 14.3 Å². The Hall–Kier alpha value is -1.83. The summed E-state index contributed by atoms with van der Waals surface area (Å²) >= 11 is 1.55. The standard InChI is InChI=1S/C18H19FN2O3S/c19-14-3-1-12(2-4-14)15-10-25-16(20-15)8-21-7-13-9-24-6-5-18(13,11-21)17(22)23/h1-4,10,13H,5-9,11H2,(H,22,23)/t13-,18+/m1/s1. The predicted octanol–water partition coefficient (Wildman–Crippen LogP) is 2.87. The second kappa shape index (κ2) is 6.48. The van der Waals surface area contributed by atoms with Crippen molar-refractivity contribution in [3.8, 4) is 11.3 Å². The molecule has 0 unspecified atom stereocenters. The number of benzene rings is 1. The number of fused-ring (bicyclic) bond motifs is 1. The van der Waals surface area contributed by atoms with Gasteiger partial charge in [0, 0.05) is 36.6 Å². The summed E-state index contributed by atoms with van der Waals surface area (Å²) in [5, 5.41) is 12.6. The number of likely N-dealkylation sites (tertiary alicyclic amines) is 1. The maximum absolute atomic E-state index is 13.0. The van der Waals surface area contributed by atoms with Crippen molar-refractivity contribution in [2.24, 2.45) is 11.3 Å². The van der Waals surface area contributed by atoms with Gasteiger partial charge in [0.25, 0.3) is 0 Å². The second-order valence-corrected chi connectivity index (χ2v) is 7.73. The number of hydrogen-bond acceptors (Lipinski definition) is 5. The first-order valence-corrected chi connectivity index (χ1v) is 9.19. The summed E-state index contributed by atoms with van der Waals surface area (Å²) in [5.74, 6) is -0.940. The third-order valence-electron chi connectivity index (χ3n) is 5.25. The Morgan fingerprint density at radius 3 is 2.96 bits per heavy atom. The van der Waals surface area contributed by atoms with Gasteiger partial charge < -0.3 is 9.84 Å². The summed E-state index contributed by atoms with van der Waals surface area (Å²) in [5.41, 5.74) is 1.03. The molecule has 5 nitrogen and oxygen atoms in total. The molecule has 2 atom stereocenters. The highest BCUT2D eigenvalue weighted by molar-refractivity contribution is 7.09. The van der Waals surface area contributed by atoms with Gasteiger partial charge in [0.2, 0.25) is 0 Å². The van der Waals surface area contributed by atoms with Crippen LogP contribution in [0.15, 0.2) is 29.6 Å². The van der Waals surface area contributed by atoms with Crippen molar-refractivity contribution < 1.29 is 19.0 Å². The molecule has 0 aliphatic carbocycles. The Labute approximate surface area is 149 Å². The Balaban J connectivity index is 1.48. The molecule has 0 radical (unpaired) electrons. The number of aliphatic carboxylic acids is 1. The average Bonchev–Trinajstić information content (AvgIpc) is 3.20. The third kappa shape index (κ3) is 3.07. The molecule has 2 fully saturated rings. The van der Waals surface area contributed by atoms with Crippen LogP contribution in [0.5, 0.6) is 0 Å². The largest absolute Gasteiger partial charge is 0.481 e. The first-order chi connectivity index (χ1) is 12.1. The molecule has 2 aromatic rings. The van der Waals surface area contributed by atoms with Gasteiger partial charge in [-0.2, -0.15) is 0 Å². The Morgan fingerprint density at radius 1 is 1.44 bits per heavy atom. The SMILES string of the molecule is O=C(O)[C@]12CCOC[C@H]1CN(Cc1nc(-c3ccc(F)cc3)cs1)C2. The van der Waals surface area contributed by atoms with Gasteiger partial charge in [0.05, 0.1) is 24.3 Å². The molecule has 25 heavy (non-hydrogen) atoms. The van der Waals surface area contributed by atoms with Gasteiger partial charge >= 0.3 is 5.97 Å². The number of carbonyl (C=O) groups is 1. The lowest BCUT2D eigenvalue weighted by Gasteiger charge is -2.34. The third-order valence-corrected chi connectivity index (χ3v) is 6.09. The van der Waals surface area contributed by atoms with Crippen LogP contribution in [0.4, 0.5) is 4.39 Å². The Kier molecular flexibility index (Phi) is 4.31. The quantitative estimate of drug-likeness (QED) is 0.906. The van der Waals surface area contributed by atoms with Crippen LogP contribution in [0.1, 0.15) is 11.4 Å². The predicted molar refractivity (Wildman–Crippen MR) is 91.8 cm³/mol. The molecular weight excluding hydrogens is 343 g/mol. The Morgan fingerprint density at radius 2 is 2.24 bits per heavy atom. The van der Waals surface area contributed by atoms with Gasteiger partial charge in [0.1, 0.15) is 10.8 Å². The molecular formula is C18H19FN2O3S. The minimum Gasteiger partial charge on any atom is -0.481 e. The number of carboxylic acids is 1. The lowest BCUT2D eigenvalue weighted by atomic mass is 9.74. The van der Waals surface area contributed by atoms with Crippen molar-refractivity contribution in [3.63, 3.8) is 0 Å². The van der Waals surface area contributed by atoms with Crippen molar-refractivity contribution >= 4 is 17.3 Å².